The molecular formula is C24H33N3O3. The van der Waals surface area contributed by atoms with Gasteiger partial charge < -0.3 is 19.2 Å². The molecule has 2 saturated carbocycles. The van der Waals surface area contributed by atoms with Gasteiger partial charge in [0.2, 0.25) is 5.91 Å². The highest BCUT2D eigenvalue weighted by Gasteiger charge is 2.51. The van der Waals surface area contributed by atoms with Crippen LogP contribution in [-0.4, -0.2) is 38.9 Å². The van der Waals surface area contributed by atoms with Crippen LogP contribution in [0.5, 0.6) is 0 Å². The molecule has 30 heavy (non-hydrogen) atoms. The molecule has 0 spiro atoms. The lowest BCUT2D eigenvalue weighted by atomic mass is 9.85. The summed E-state index contributed by atoms with van der Waals surface area (Å²) in [6.07, 6.45) is 11.4. The minimum absolute atomic E-state index is 0.00280. The number of nitrogens with zero attached hydrogens (tertiary/aromatic N) is 2. The zero-order valence-corrected chi connectivity index (χ0v) is 18.2. The van der Waals surface area contributed by atoms with Crippen molar-refractivity contribution in [1.82, 2.24) is 14.8 Å². The summed E-state index contributed by atoms with van der Waals surface area (Å²) >= 11 is 0. The van der Waals surface area contributed by atoms with Crippen LogP contribution in [-0.2, 0) is 11.3 Å². The molecule has 2 amide bonds. The molecule has 1 atom stereocenters. The maximum Gasteiger partial charge on any atom is 0.271 e. The van der Waals surface area contributed by atoms with Gasteiger partial charge in [-0.1, -0.05) is 26.2 Å². The van der Waals surface area contributed by atoms with Gasteiger partial charge in [-0.15, -0.1) is 0 Å². The number of amides is 2. The minimum atomic E-state index is -0.891. The number of rotatable bonds is 3. The van der Waals surface area contributed by atoms with Crippen molar-refractivity contribution in [3.8, 4) is 0 Å². The Balaban J connectivity index is 1.50. The van der Waals surface area contributed by atoms with E-state index in [9.17, 15) is 9.59 Å². The summed E-state index contributed by atoms with van der Waals surface area (Å²) < 4.78 is 7.56. The quantitative estimate of drug-likeness (QED) is 0.810. The van der Waals surface area contributed by atoms with Crippen molar-refractivity contribution in [3.05, 3.63) is 24.1 Å². The molecule has 2 aromatic heterocycles. The predicted molar refractivity (Wildman–Crippen MR) is 115 cm³/mol. The van der Waals surface area contributed by atoms with E-state index in [1.165, 1.54) is 6.42 Å². The van der Waals surface area contributed by atoms with E-state index in [1.54, 1.807) is 6.26 Å². The monoisotopic (exact) mass is 411 g/mol. The van der Waals surface area contributed by atoms with Crippen molar-refractivity contribution in [3.63, 3.8) is 0 Å². The van der Waals surface area contributed by atoms with E-state index in [2.05, 4.69) is 12.2 Å². The molecule has 0 saturated heterocycles. The maximum atomic E-state index is 13.7. The van der Waals surface area contributed by atoms with E-state index in [1.807, 2.05) is 28.5 Å². The fourth-order valence-corrected chi connectivity index (χ4v) is 5.89. The maximum absolute atomic E-state index is 13.7. The lowest BCUT2D eigenvalue weighted by Crippen LogP contribution is -2.67. The molecule has 1 N–H and O–H groups in total. The Morgan fingerprint density at radius 1 is 1.13 bits per heavy atom. The second-order valence-electron chi connectivity index (χ2n) is 9.96. The molecule has 162 valence electrons. The van der Waals surface area contributed by atoms with Gasteiger partial charge in [-0.25, -0.2) is 0 Å². The molecule has 2 aromatic rings. The van der Waals surface area contributed by atoms with Crippen molar-refractivity contribution in [2.45, 2.75) is 95.8 Å². The Kier molecular flexibility index (Phi) is 4.91. The average molecular weight is 412 g/mol. The highest BCUT2D eigenvalue weighted by atomic mass is 16.3. The lowest BCUT2D eigenvalue weighted by molar-refractivity contribution is -0.135. The molecule has 3 aliphatic rings. The number of aromatic nitrogens is 1. The molecule has 0 aromatic carbocycles. The first-order valence-corrected chi connectivity index (χ1v) is 11.7. The van der Waals surface area contributed by atoms with E-state index in [0.29, 0.717) is 17.8 Å². The summed E-state index contributed by atoms with van der Waals surface area (Å²) in [5.41, 5.74) is 1.37. The summed E-state index contributed by atoms with van der Waals surface area (Å²) in [6.45, 7) is 4.73. The molecule has 5 rings (SSSR count). The molecular weight excluding hydrogens is 378 g/mol. The van der Waals surface area contributed by atoms with Gasteiger partial charge >= 0.3 is 0 Å². The van der Waals surface area contributed by atoms with E-state index in [4.69, 9.17) is 4.42 Å². The van der Waals surface area contributed by atoms with Crippen LogP contribution in [0.3, 0.4) is 0 Å². The number of nitrogens with one attached hydrogen (secondary N) is 1. The van der Waals surface area contributed by atoms with Crippen LogP contribution in [0.1, 0.15) is 82.1 Å². The molecule has 6 nitrogen and oxygen atoms in total. The Hall–Kier alpha value is -2.24. The van der Waals surface area contributed by atoms with E-state index < -0.39 is 5.54 Å². The first kappa shape index (κ1) is 19.7. The van der Waals surface area contributed by atoms with Crippen molar-refractivity contribution >= 4 is 22.9 Å². The second-order valence-corrected chi connectivity index (χ2v) is 9.96. The summed E-state index contributed by atoms with van der Waals surface area (Å²) in [7, 11) is 0. The van der Waals surface area contributed by atoms with Gasteiger partial charge in [-0.3, -0.25) is 9.59 Å². The van der Waals surface area contributed by atoms with Crippen molar-refractivity contribution < 1.29 is 14.0 Å². The fourth-order valence-electron chi connectivity index (χ4n) is 5.89. The first-order valence-electron chi connectivity index (χ1n) is 11.7. The van der Waals surface area contributed by atoms with Gasteiger partial charge in [0, 0.05) is 24.2 Å². The number of carbonyl (C=O) groups excluding carboxylic acids is 2. The predicted octanol–water partition coefficient (Wildman–Crippen LogP) is 4.48. The normalized spacial score (nSPS) is 30.5. The van der Waals surface area contributed by atoms with Crippen LogP contribution in [0, 0.1) is 5.92 Å². The summed E-state index contributed by atoms with van der Waals surface area (Å²) in [4.78, 5) is 29.4. The smallest absolute Gasteiger partial charge is 0.271 e. The van der Waals surface area contributed by atoms with Crippen molar-refractivity contribution in [2.24, 2.45) is 5.92 Å². The largest absolute Gasteiger partial charge is 0.463 e. The Bertz CT molecular complexity index is 946. The number of furan rings is 1. The van der Waals surface area contributed by atoms with Gasteiger partial charge in [-0.2, -0.15) is 0 Å². The van der Waals surface area contributed by atoms with Crippen molar-refractivity contribution in [1.29, 1.82) is 0 Å². The number of hydrogen-bond donors (Lipinski definition) is 1. The molecule has 3 heterocycles. The highest BCUT2D eigenvalue weighted by molar-refractivity contribution is 6.03. The number of carbonyl (C=O) groups is 2. The fraction of sp³-hybridized carbons (Fsp3) is 0.667. The lowest BCUT2D eigenvalue weighted by Gasteiger charge is -2.49. The van der Waals surface area contributed by atoms with Crippen LogP contribution < -0.4 is 5.32 Å². The van der Waals surface area contributed by atoms with Crippen LogP contribution in [0.2, 0.25) is 0 Å². The molecule has 0 unspecified atom stereocenters. The minimum Gasteiger partial charge on any atom is -0.463 e. The Labute approximate surface area is 178 Å². The molecule has 2 aliphatic carbocycles. The van der Waals surface area contributed by atoms with Crippen LogP contribution in [0.4, 0.5) is 0 Å². The zero-order chi connectivity index (χ0) is 20.9. The third-order valence-corrected chi connectivity index (χ3v) is 7.74. The number of fused-ring (bicyclic) bond motifs is 3. The SMILES string of the molecule is CC1CCC(NC(=O)[C@]2(C)Cn3c(cc4occc43)C(=O)N2C2CCCCC2)CC1. The topological polar surface area (TPSA) is 67.5 Å². The third-order valence-electron chi connectivity index (χ3n) is 7.74. The average Bonchev–Trinajstić information content (AvgIpc) is 3.33. The zero-order valence-electron chi connectivity index (χ0n) is 18.2. The van der Waals surface area contributed by atoms with Crippen LogP contribution >= 0.6 is 0 Å². The molecule has 0 bridgehead atoms. The van der Waals surface area contributed by atoms with Crippen molar-refractivity contribution in [2.75, 3.05) is 0 Å². The second kappa shape index (κ2) is 7.47. The molecule has 0 radical (unpaired) electrons. The summed E-state index contributed by atoms with van der Waals surface area (Å²) in [6, 6.07) is 4.08. The molecule has 2 fully saturated rings. The third kappa shape index (κ3) is 3.15. The van der Waals surface area contributed by atoms with Gasteiger partial charge in [-0.05, 0) is 51.4 Å². The molecule has 6 heteroatoms. The summed E-state index contributed by atoms with van der Waals surface area (Å²) in [5.74, 6) is 0.701. The van der Waals surface area contributed by atoms with Gasteiger partial charge in [0.05, 0.1) is 18.3 Å². The Morgan fingerprint density at radius 2 is 1.87 bits per heavy atom. The van der Waals surface area contributed by atoms with E-state index >= 15 is 0 Å². The van der Waals surface area contributed by atoms with Crippen LogP contribution in [0.15, 0.2) is 22.8 Å². The van der Waals surface area contributed by atoms with Crippen LogP contribution in [0.25, 0.3) is 11.1 Å². The highest BCUT2D eigenvalue weighted by Crippen LogP contribution is 2.38. The van der Waals surface area contributed by atoms with E-state index in [0.717, 1.165) is 62.8 Å². The molecule has 1 aliphatic heterocycles. The first-order chi connectivity index (χ1) is 14.5. The van der Waals surface area contributed by atoms with Gasteiger partial charge in [0.15, 0.2) is 5.58 Å². The van der Waals surface area contributed by atoms with Gasteiger partial charge in [0.1, 0.15) is 11.2 Å². The summed E-state index contributed by atoms with van der Waals surface area (Å²) in [5, 5.41) is 3.33. The Morgan fingerprint density at radius 3 is 2.60 bits per heavy atom. The van der Waals surface area contributed by atoms with Gasteiger partial charge in [0.25, 0.3) is 5.91 Å². The standard InChI is InChI=1S/C24H33N3O3/c1-16-8-10-17(11-9-16)25-23(29)24(2)15-26-19-12-13-30-21(19)14-20(26)22(28)27(24)18-6-4-3-5-7-18/h12-14,16-18H,3-11,15H2,1-2H3,(H,25,29)/t16?,17?,24-/m0/s1. The van der Waals surface area contributed by atoms with E-state index in [-0.39, 0.29) is 23.9 Å². The number of hydrogen-bond acceptors (Lipinski definition) is 3.